The summed E-state index contributed by atoms with van der Waals surface area (Å²) in [6.07, 6.45) is 0. The molecular weight excluding hydrogens is 450 g/mol. The van der Waals surface area contributed by atoms with Gasteiger partial charge in [-0.05, 0) is 67.7 Å². The lowest BCUT2D eigenvalue weighted by atomic mass is 10.0. The third-order valence-corrected chi connectivity index (χ3v) is 5.40. The van der Waals surface area contributed by atoms with Gasteiger partial charge in [0.2, 0.25) is 0 Å². The van der Waals surface area contributed by atoms with Crippen molar-refractivity contribution in [2.24, 2.45) is 0 Å². The first-order valence-corrected chi connectivity index (χ1v) is 10.8. The van der Waals surface area contributed by atoms with E-state index in [9.17, 15) is 14.7 Å². The van der Waals surface area contributed by atoms with Crippen LogP contribution in [0.3, 0.4) is 0 Å². The number of benzene rings is 3. The highest BCUT2D eigenvalue weighted by Gasteiger charge is 2.18. The number of ketones is 1. The number of nitrogens with zero attached hydrogens (tertiary/aromatic N) is 1. The zero-order valence-corrected chi connectivity index (χ0v) is 19.3. The Morgan fingerprint density at radius 2 is 1.79 bits per heavy atom. The van der Waals surface area contributed by atoms with E-state index in [1.807, 2.05) is 0 Å². The highest BCUT2D eigenvalue weighted by molar-refractivity contribution is 7.80. The largest absolute Gasteiger partial charge is 0.507 e. The molecule has 0 aliphatic heterocycles. The number of carbonyl (C=O) groups is 2. The molecule has 0 bridgehead atoms. The normalized spacial score (nSPS) is 10.5. The molecule has 0 saturated carbocycles. The minimum absolute atomic E-state index is 0.0382. The topological polar surface area (TPSA) is 101 Å². The van der Waals surface area contributed by atoms with Gasteiger partial charge < -0.3 is 15.2 Å². The van der Waals surface area contributed by atoms with E-state index in [-0.39, 0.29) is 22.2 Å². The maximum absolute atomic E-state index is 13.3. The van der Waals surface area contributed by atoms with E-state index in [0.29, 0.717) is 39.2 Å². The molecule has 8 heteroatoms. The van der Waals surface area contributed by atoms with Crippen LogP contribution in [0.25, 0.3) is 22.2 Å². The number of methoxy groups -OCH3 is 1. The SMILES string of the molecule is COc1cccc(NC(=S)NC(=O)c2cc(-c3ccccc3O)nc3ccc(C(C)=O)cc23)c1. The minimum atomic E-state index is -0.481. The number of Topliss-reactive ketones (excluding diaryl/α,β-unsaturated/α-hetero) is 1. The van der Waals surface area contributed by atoms with Crippen molar-refractivity contribution >= 4 is 45.6 Å². The molecule has 4 rings (SSSR count). The number of ether oxygens (including phenoxy) is 1. The highest BCUT2D eigenvalue weighted by Crippen LogP contribution is 2.31. The Labute approximate surface area is 201 Å². The zero-order chi connectivity index (χ0) is 24.2. The van der Waals surface area contributed by atoms with Crippen LogP contribution in [-0.2, 0) is 0 Å². The molecule has 170 valence electrons. The Kier molecular flexibility index (Phi) is 6.51. The number of nitrogens with one attached hydrogen (secondary N) is 2. The minimum Gasteiger partial charge on any atom is -0.507 e. The molecule has 0 unspecified atom stereocenters. The molecular formula is C26H21N3O4S. The lowest BCUT2D eigenvalue weighted by Gasteiger charge is -2.14. The fourth-order valence-electron chi connectivity index (χ4n) is 3.49. The number of hydrogen-bond acceptors (Lipinski definition) is 6. The summed E-state index contributed by atoms with van der Waals surface area (Å²) in [7, 11) is 1.56. The number of fused-ring (bicyclic) bond motifs is 1. The number of hydrogen-bond donors (Lipinski definition) is 3. The second-order valence-electron chi connectivity index (χ2n) is 7.50. The molecule has 1 amide bonds. The van der Waals surface area contributed by atoms with Crippen LogP contribution < -0.4 is 15.4 Å². The molecule has 0 saturated heterocycles. The van der Waals surface area contributed by atoms with Crippen LogP contribution in [0, 0.1) is 0 Å². The van der Waals surface area contributed by atoms with Gasteiger partial charge in [0.15, 0.2) is 10.9 Å². The number of aromatic nitrogens is 1. The number of amides is 1. The van der Waals surface area contributed by atoms with Crippen molar-refractivity contribution in [3.63, 3.8) is 0 Å². The smallest absolute Gasteiger partial charge is 0.258 e. The van der Waals surface area contributed by atoms with Gasteiger partial charge in [0.25, 0.3) is 5.91 Å². The fraction of sp³-hybridized carbons (Fsp3) is 0.0769. The maximum atomic E-state index is 13.3. The molecule has 4 aromatic rings. The summed E-state index contributed by atoms with van der Waals surface area (Å²) >= 11 is 5.34. The quantitative estimate of drug-likeness (QED) is 0.280. The van der Waals surface area contributed by atoms with Gasteiger partial charge >= 0.3 is 0 Å². The predicted octanol–water partition coefficient (Wildman–Crippen LogP) is 4.95. The standard InChI is InChI=1S/C26H21N3O4S/c1-15(30)16-10-11-22-20(12-16)21(14-23(28-22)19-8-3-4-9-24(19)31)25(32)29-26(34)27-17-6-5-7-18(13-17)33-2/h3-14,31H,1-2H3,(H2,27,29,32,34). The molecule has 0 atom stereocenters. The van der Waals surface area contributed by atoms with E-state index < -0.39 is 5.91 Å². The van der Waals surface area contributed by atoms with Gasteiger partial charge in [-0.3, -0.25) is 14.9 Å². The van der Waals surface area contributed by atoms with Gasteiger partial charge in [0, 0.05) is 28.3 Å². The second kappa shape index (κ2) is 9.68. The van der Waals surface area contributed by atoms with E-state index in [2.05, 4.69) is 15.6 Å². The molecule has 3 aromatic carbocycles. The van der Waals surface area contributed by atoms with E-state index in [4.69, 9.17) is 17.0 Å². The van der Waals surface area contributed by atoms with Crippen LogP contribution in [-0.4, -0.2) is 34.0 Å². The Hall–Kier alpha value is -4.30. The Balaban J connectivity index is 1.73. The van der Waals surface area contributed by atoms with Gasteiger partial charge in [0.05, 0.1) is 23.9 Å². The van der Waals surface area contributed by atoms with Crippen LogP contribution >= 0.6 is 12.2 Å². The summed E-state index contributed by atoms with van der Waals surface area (Å²) < 4.78 is 5.20. The van der Waals surface area contributed by atoms with Gasteiger partial charge in [-0.25, -0.2) is 4.98 Å². The third kappa shape index (κ3) is 4.87. The van der Waals surface area contributed by atoms with Crippen molar-refractivity contribution in [3.8, 4) is 22.8 Å². The molecule has 3 N–H and O–H groups in total. The van der Waals surface area contributed by atoms with Crippen LogP contribution in [0.4, 0.5) is 5.69 Å². The van der Waals surface area contributed by atoms with Crippen molar-refractivity contribution in [2.45, 2.75) is 6.92 Å². The molecule has 0 radical (unpaired) electrons. The van der Waals surface area contributed by atoms with E-state index in [1.54, 1.807) is 79.9 Å². The summed E-state index contributed by atoms with van der Waals surface area (Å²) in [4.78, 5) is 29.8. The molecule has 0 aliphatic carbocycles. The first kappa shape index (κ1) is 22.9. The fourth-order valence-corrected chi connectivity index (χ4v) is 3.71. The summed E-state index contributed by atoms with van der Waals surface area (Å²) in [5, 5.41) is 16.5. The number of phenols is 1. The van der Waals surface area contributed by atoms with Gasteiger partial charge in [-0.2, -0.15) is 0 Å². The predicted molar refractivity (Wildman–Crippen MR) is 136 cm³/mol. The number of anilines is 1. The molecule has 1 heterocycles. The average Bonchev–Trinajstić information content (AvgIpc) is 2.83. The summed E-state index contributed by atoms with van der Waals surface area (Å²) in [5.74, 6) is 0.0676. The van der Waals surface area contributed by atoms with Crippen molar-refractivity contribution < 1.29 is 19.4 Å². The summed E-state index contributed by atoms with van der Waals surface area (Å²) in [5.41, 5.74) is 2.77. The van der Waals surface area contributed by atoms with Gasteiger partial charge in [0.1, 0.15) is 11.5 Å². The highest BCUT2D eigenvalue weighted by atomic mass is 32.1. The second-order valence-corrected chi connectivity index (χ2v) is 7.91. The number of pyridine rings is 1. The Bertz CT molecular complexity index is 1440. The van der Waals surface area contributed by atoms with Gasteiger partial charge in [-0.15, -0.1) is 0 Å². The number of carbonyl (C=O) groups excluding carboxylic acids is 2. The molecule has 0 aliphatic rings. The van der Waals surface area contributed by atoms with Crippen molar-refractivity contribution in [3.05, 3.63) is 83.9 Å². The van der Waals surface area contributed by atoms with Crippen molar-refractivity contribution in [1.82, 2.24) is 10.3 Å². The van der Waals surface area contributed by atoms with E-state index >= 15 is 0 Å². The van der Waals surface area contributed by atoms with Gasteiger partial charge in [-0.1, -0.05) is 18.2 Å². The van der Waals surface area contributed by atoms with Crippen LogP contribution in [0.15, 0.2) is 72.8 Å². The molecule has 7 nitrogen and oxygen atoms in total. The number of para-hydroxylation sites is 1. The lowest BCUT2D eigenvalue weighted by molar-refractivity contribution is 0.0976. The van der Waals surface area contributed by atoms with E-state index in [0.717, 1.165) is 0 Å². The monoisotopic (exact) mass is 471 g/mol. The summed E-state index contributed by atoms with van der Waals surface area (Å²) in [6.45, 7) is 1.46. The molecule has 0 spiro atoms. The molecule has 34 heavy (non-hydrogen) atoms. The zero-order valence-electron chi connectivity index (χ0n) is 18.5. The Morgan fingerprint density at radius 1 is 1.00 bits per heavy atom. The first-order chi connectivity index (χ1) is 16.4. The number of phenolic OH excluding ortho intramolecular Hbond substituents is 1. The number of aromatic hydroxyl groups is 1. The Morgan fingerprint density at radius 3 is 2.53 bits per heavy atom. The van der Waals surface area contributed by atoms with Crippen LogP contribution in [0.5, 0.6) is 11.5 Å². The molecule has 0 fully saturated rings. The van der Waals surface area contributed by atoms with E-state index in [1.165, 1.54) is 6.92 Å². The van der Waals surface area contributed by atoms with Crippen molar-refractivity contribution in [2.75, 3.05) is 12.4 Å². The number of rotatable bonds is 5. The summed E-state index contributed by atoms with van der Waals surface area (Å²) in [6, 6.07) is 20.4. The number of thiocarbonyl (C=S) groups is 1. The maximum Gasteiger partial charge on any atom is 0.258 e. The lowest BCUT2D eigenvalue weighted by Crippen LogP contribution is -2.34. The first-order valence-electron chi connectivity index (χ1n) is 10.4. The average molecular weight is 472 g/mol. The van der Waals surface area contributed by atoms with Crippen LogP contribution in [0.1, 0.15) is 27.6 Å². The van der Waals surface area contributed by atoms with Crippen molar-refractivity contribution in [1.29, 1.82) is 0 Å². The van der Waals surface area contributed by atoms with Crippen LogP contribution in [0.2, 0.25) is 0 Å². The molecule has 1 aromatic heterocycles. The third-order valence-electron chi connectivity index (χ3n) is 5.19.